The van der Waals surface area contributed by atoms with E-state index < -0.39 is 23.9 Å². The van der Waals surface area contributed by atoms with Crippen LogP contribution in [0.1, 0.15) is 11.1 Å². The molecule has 0 spiro atoms. The van der Waals surface area contributed by atoms with Gasteiger partial charge in [-0.15, -0.1) is 19.6 Å². The van der Waals surface area contributed by atoms with Gasteiger partial charge in [0.1, 0.15) is 5.75 Å². The Morgan fingerprint density at radius 3 is 2.13 bits per heavy atom. The van der Waals surface area contributed by atoms with Gasteiger partial charge in [0.05, 0.1) is 5.56 Å². The molecule has 0 saturated heterocycles. The number of halogens is 6. The Hall–Kier alpha value is -2.62. The molecule has 7 heteroatoms. The summed E-state index contributed by atoms with van der Waals surface area (Å²) in [4.78, 5) is 0. The van der Waals surface area contributed by atoms with Gasteiger partial charge in [0.25, 0.3) is 0 Å². The molecule has 0 fully saturated rings. The summed E-state index contributed by atoms with van der Waals surface area (Å²) in [6.45, 7) is 0. The molecule has 0 radical (unpaired) electrons. The van der Waals surface area contributed by atoms with Crippen LogP contribution in [0.5, 0.6) is 5.75 Å². The summed E-state index contributed by atoms with van der Waals surface area (Å²) < 4.78 is 79.8. The second-order valence-electron chi connectivity index (χ2n) is 4.49. The van der Waals surface area contributed by atoms with Crippen molar-refractivity contribution in [3.05, 3.63) is 53.6 Å². The zero-order chi connectivity index (χ0) is 17.3. The van der Waals surface area contributed by atoms with Gasteiger partial charge in [-0.25, -0.2) is 0 Å². The zero-order valence-electron chi connectivity index (χ0n) is 11.3. The first-order chi connectivity index (χ1) is 10.6. The van der Waals surface area contributed by atoms with Crippen LogP contribution in [0.2, 0.25) is 0 Å². The van der Waals surface area contributed by atoms with E-state index in [1.165, 1.54) is 24.3 Å². The minimum absolute atomic E-state index is 0.100. The van der Waals surface area contributed by atoms with Crippen molar-refractivity contribution < 1.29 is 31.1 Å². The Morgan fingerprint density at radius 2 is 1.57 bits per heavy atom. The summed E-state index contributed by atoms with van der Waals surface area (Å²) in [6.07, 6.45) is -4.52. The normalized spacial score (nSPS) is 11.9. The van der Waals surface area contributed by atoms with Crippen LogP contribution in [0.4, 0.5) is 26.3 Å². The number of rotatable bonds is 2. The van der Waals surface area contributed by atoms with E-state index in [4.69, 9.17) is 6.42 Å². The van der Waals surface area contributed by atoms with E-state index in [2.05, 4.69) is 10.7 Å². The molecule has 2 rings (SSSR count). The smallest absolute Gasteiger partial charge is 0.405 e. The molecule has 0 aromatic heterocycles. The lowest BCUT2D eigenvalue weighted by Crippen LogP contribution is -2.17. The van der Waals surface area contributed by atoms with Gasteiger partial charge in [-0.05, 0) is 29.8 Å². The van der Waals surface area contributed by atoms with Gasteiger partial charge < -0.3 is 4.74 Å². The number of para-hydroxylation sites is 1. The van der Waals surface area contributed by atoms with Gasteiger partial charge in [-0.1, -0.05) is 24.1 Å². The average Bonchev–Trinajstić information content (AvgIpc) is 2.44. The molecule has 0 saturated carbocycles. The molecule has 0 amide bonds. The highest BCUT2D eigenvalue weighted by Gasteiger charge is 2.33. The number of benzene rings is 2. The molecule has 0 bridgehead atoms. The van der Waals surface area contributed by atoms with Crippen molar-refractivity contribution >= 4 is 0 Å². The first-order valence-electron chi connectivity index (χ1n) is 6.14. The van der Waals surface area contributed by atoms with Gasteiger partial charge in [0.2, 0.25) is 0 Å². The molecule has 0 N–H and O–H groups in total. The fourth-order valence-corrected chi connectivity index (χ4v) is 1.95. The molecule has 23 heavy (non-hydrogen) atoms. The van der Waals surface area contributed by atoms with Gasteiger partial charge in [-0.3, -0.25) is 0 Å². The van der Waals surface area contributed by atoms with Crippen LogP contribution in [0.15, 0.2) is 42.5 Å². The summed E-state index contributed by atoms with van der Waals surface area (Å²) in [5.74, 6) is 1.45. The van der Waals surface area contributed by atoms with E-state index >= 15 is 0 Å². The highest BCUT2D eigenvalue weighted by atomic mass is 19.4. The monoisotopic (exact) mass is 330 g/mol. The second kappa shape index (κ2) is 5.88. The SMILES string of the molecule is C#Cc1cc(-c2ccccc2OC(F)(F)F)cc(C(F)(F)F)c1. The highest BCUT2D eigenvalue weighted by Crippen LogP contribution is 2.37. The summed E-state index contributed by atoms with van der Waals surface area (Å²) in [6, 6.07) is 7.55. The molecular weight excluding hydrogens is 322 g/mol. The van der Waals surface area contributed by atoms with E-state index in [1.807, 2.05) is 0 Å². The van der Waals surface area contributed by atoms with Crippen LogP contribution >= 0.6 is 0 Å². The Morgan fingerprint density at radius 1 is 0.913 bits per heavy atom. The average molecular weight is 330 g/mol. The van der Waals surface area contributed by atoms with Crippen LogP contribution in [0, 0.1) is 12.3 Å². The summed E-state index contributed by atoms with van der Waals surface area (Å²) in [7, 11) is 0. The van der Waals surface area contributed by atoms with Crippen LogP contribution < -0.4 is 4.74 Å². The predicted molar refractivity (Wildman–Crippen MR) is 71.5 cm³/mol. The van der Waals surface area contributed by atoms with E-state index in [0.29, 0.717) is 0 Å². The lowest BCUT2D eigenvalue weighted by atomic mass is 9.99. The first kappa shape index (κ1) is 16.7. The lowest BCUT2D eigenvalue weighted by molar-refractivity contribution is -0.274. The van der Waals surface area contributed by atoms with Crippen molar-refractivity contribution in [2.24, 2.45) is 0 Å². The third-order valence-electron chi connectivity index (χ3n) is 2.85. The third-order valence-corrected chi connectivity index (χ3v) is 2.85. The van der Waals surface area contributed by atoms with Crippen LogP contribution in [-0.2, 0) is 6.18 Å². The summed E-state index contributed by atoms with van der Waals surface area (Å²) in [5, 5.41) is 0. The maximum absolute atomic E-state index is 12.9. The molecular formula is C16H8F6O. The fraction of sp³-hybridized carbons (Fsp3) is 0.125. The van der Waals surface area contributed by atoms with Crippen molar-refractivity contribution in [2.45, 2.75) is 12.5 Å². The largest absolute Gasteiger partial charge is 0.573 e. The Labute approximate surface area is 127 Å². The van der Waals surface area contributed by atoms with E-state index in [1.54, 1.807) is 0 Å². The minimum Gasteiger partial charge on any atom is -0.405 e. The van der Waals surface area contributed by atoms with E-state index in [9.17, 15) is 26.3 Å². The van der Waals surface area contributed by atoms with Gasteiger partial charge in [0.15, 0.2) is 0 Å². The molecule has 0 atom stereocenters. The van der Waals surface area contributed by atoms with Gasteiger partial charge in [0, 0.05) is 11.1 Å². The van der Waals surface area contributed by atoms with Crippen molar-refractivity contribution in [1.82, 2.24) is 0 Å². The van der Waals surface area contributed by atoms with Crippen LogP contribution in [0.3, 0.4) is 0 Å². The zero-order valence-corrected chi connectivity index (χ0v) is 11.3. The standard InChI is InChI=1S/C16H8F6O/c1-2-10-7-11(9-12(8-10)15(17,18)19)13-5-3-4-6-14(13)23-16(20,21)22/h1,3-9H. The second-order valence-corrected chi connectivity index (χ2v) is 4.49. The first-order valence-corrected chi connectivity index (χ1v) is 6.14. The number of alkyl halides is 6. The number of hydrogen-bond donors (Lipinski definition) is 0. The third kappa shape index (κ3) is 4.19. The molecule has 2 aromatic carbocycles. The van der Waals surface area contributed by atoms with Crippen molar-refractivity contribution in [2.75, 3.05) is 0 Å². The molecule has 0 aliphatic carbocycles. The fourth-order valence-electron chi connectivity index (χ4n) is 1.95. The molecule has 1 nitrogen and oxygen atoms in total. The summed E-state index contributed by atoms with van der Waals surface area (Å²) >= 11 is 0. The van der Waals surface area contributed by atoms with Gasteiger partial charge >= 0.3 is 12.5 Å². The molecule has 0 unspecified atom stereocenters. The number of ether oxygens (including phenoxy) is 1. The summed E-state index contributed by atoms with van der Waals surface area (Å²) in [5.41, 5.74) is -1.42. The quantitative estimate of drug-likeness (QED) is 0.540. The number of hydrogen-bond acceptors (Lipinski definition) is 1. The maximum atomic E-state index is 12.9. The van der Waals surface area contributed by atoms with Crippen molar-refractivity contribution in [1.29, 1.82) is 0 Å². The predicted octanol–water partition coefficient (Wildman–Crippen LogP) is 5.25. The maximum Gasteiger partial charge on any atom is 0.573 e. The Kier molecular flexibility index (Phi) is 4.28. The Balaban J connectivity index is 2.61. The lowest BCUT2D eigenvalue weighted by Gasteiger charge is -2.15. The molecule has 0 aliphatic heterocycles. The van der Waals surface area contributed by atoms with E-state index in [-0.39, 0.29) is 16.7 Å². The number of terminal acetylenes is 1. The molecule has 2 aromatic rings. The van der Waals surface area contributed by atoms with E-state index in [0.717, 1.165) is 18.2 Å². The topological polar surface area (TPSA) is 9.23 Å². The molecule has 0 heterocycles. The highest BCUT2D eigenvalue weighted by molar-refractivity contribution is 5.72. The van der Waals surface area contributed by atoms with Gasteiger partial charge in [-0.2, -0.15) is 13.2 Å². The molecule has 120 valence electrons. The minimum atomic E-state index is -4.97. The van der Waals surface area contributed by atoms with Crippen LogP contribution in [0.25, 0.3) is 11.1 Å². The molecule has 0 aliphatic rings. The van der Waals surface area contributed by atoms with Crippen LogP contribution in [-0.4, -0.2) is 6.36 Å². The Bertz CT molecular complexity index is 752. The van der Waals surface area contributed by atoms with Crippen molar-refractivity contribution in [3.63, 3.8) is 0 Å². The van der Waals surface area contributed by atoms with Crippen molar-refractivity contribution in [3.8, 4) is 29.2 Å².